The van der Waals surface area contributed by atoms with E-state index in [4.69, 9.17) is 4.74 Å². The molecular formula is C33H30Br2F6N2O6S. The van der Waals surface area contributed by atoms with Crippen LogP contribution in [0, 0.1) is 5.82 Å². The molecule has 270 valence electrons. The van der Waals surface area contributed by atoms with Crippen molar-refractivity contribution < 1.29 is 54.7 Å². The van der Waals surface area contributed by atoms with E-state index < -0.39 is 84.6 Å². The van der Waals surface area contributed by atoms with Crippen molar-refractivity contribution in [2.75, 3.05) is 6.61 Å². The zero-order chi connectivity index (χ0) is 37.2. The summed E-state index contributed by atoms with van der Waals surface area (Å²) < 4.78 is 109. The molecule has 17 heteroatoms. The van der Waals surface area contributed by atoms with E-state index in [0.29, 0.717) is 0 Å². The molecule has 2 aromatic carbocycles. The molecular weight excluding hydrogens is 826 g/mol. The van der Waals surface area contributed by atoms with Crippen molar-refractivity contribution in [3.05, 3.63) is 76.2 Å². The molecule has 3 aromatic rings. The average Bonchev–Trinajstić information content (AvgIpc) is 3.46. The largest absolute Gasteiger partial charge is 0.489 e. The minimum absolute atomic E-state index is 0.0224. The highest BCUT2D eigenvalue weighted by Gasteiger charge is 2.57. The Labute approximate surface area is 302 Å². The second kappa shape index (κ2) is 13.3. The topological polar surface area (TPSA) is 115 Å². The summed E-state index contributed by atoms with van der Waals surface area (Å²) in [4.78, 5) is 30.2. The normalized spacial score (nSPS) is 20.2. The first kappa shape index (κ1) is 38.4. The summed E-state index contributed by atoms with van der Waals surface area (Å²) in [5.41, 5.74) is -6.17. The van der Waals surface area contributed by atoms with Crippen LogP contribution in [0.3, 0.4) is 0 Å². The smallest absolute Gasteiger partial charge is 0.422 e. The fourth-order valence-electron chi connectivity index (χ4n) is 5.59. The van der Waals surface area contributed by atoms with Gasteiger partial charge in [0.05, 0.1) is 27.0 Å². The molecule has 0 spiro atoms. The molecule has 1 aromatic heterocycles. The van der Waals surface area contributed by atoms with Gasteiger partial charge in [0.1, 0.15) is 23.9 Å². The highest BCUT2D eigenvalue weighted by Crippen LogP contribution is 2.51. The second-order valence-electron chi connectivity index (χ2n) is 13.2. The Morgan fingerprint density at radius 1 is 1.12 bits per heavy atom. The summed E-state index contributed by atoms with van der Waals surface area (Å²) in [6, 6.07) is 7.73. The quantitative estimate of drug-likeness (QED) is 0.123. The van der Waals surface area contributed by atoms with Gasteiger partial charge in [-0.3, -0.25) is 9.59 Å². The first-order chi connectivity index (χ1) is 23.0. The molecule has 8 nitrogen and oxygen atoms in total. The number of hydrogen-bond acceptors (Lipinski definition) is 7. The minimum atomic E-state index is -5.42. The number of nitrogens with zero attached hydrogens (tertiary/aromatic N) is 1. The lowest BCUT2D eigenvalue weighted by Gasteiger charge is -2.32. The van der Waals surface area contributed by atoms with Crippen LogP contribution in [0.15, 0.2) is 42.5 Å². The number of Topliss-reactive ketones (excluding diaryl/α,β-unsaturated/α-hetero) is 2. The van der Waals surface area contributed by atoms with E-state index in [-0.39, 0.29) is 52.3 Å². The van der Waals surface area contributed by atoms with E-state index in [0.717, 1.165) is 24.3 Å². The summed E-state index contributed by atoms with van der Waals surface area (Å²) in [7, 11) is -1.73. The molecule has 0 fully saturated rings. The fraction of sp³-hybridized carbons (Fsp3) is 0.424. The molecule has 50 heavy (non-hydrogen) atoms. The number of pyridine rings is 1. The Bertz CT molecular complexity index is 1890. The molecule has 0 radical (unpaired) electrons. The van der Waals surface area contributed by atoms with Gasteiger partial charge in [0, 0.05) is 35.1 Å². The molecule has 2 heterocycles. The van der Waals surface area contributed by atoms with Crippen molar-refractivity contribution in [3.63, 3.8) is 0 Å². The summed E-state index contributed by atoms with van der Waals surface area (Å²) in [5, 5.41) is 11.5. The number of ketones is 2. The number of benzene rings is 2. The number of fused-ring (bicyclic) bond motifs is 2. The molecule has 1 aliphatic carbocycles. The van der Waals surface area contributed by atoms with Gasteiger partial charge < -0.3 is 14.6 Å². The molecule has 0 amide bonds. The number of nitrogens with one attached hydrogen (secondary N) is 1. The molecule has 0 saturated heterocycles. The first-order valence-corrected chi connectivity index (χ1v) is 17.7. The standard InChI is InChI=1S/C33H30Br2F6N2O6S/c1-29(2,3)50(47)43-30(4)15-48-27-21(30)14-24(42-26(27)16-5-7-18(36)8-6-16)31(46,33(39,40)41)10-9-22(44)17-11-20-19(13-25(45)32(20,34)35)23(12-17)49-28(37)38/h5-8,11-12,14,28,43,46H,9-10,13,15H2,1-4H3/t30-,31-,50?/m1/s1. The van der Waals surface area contributed by atoms with Crippen LogP contribution in [-0.2, 0) is 36.6 Å². The van der Waals surface area contributed by atoms with Crippen LogP contribution in [0.1, 0.15) is 73.3 Å². The molecule has 2 aliphatic rings. The van der Waals surface area contributed by atoms with Crippen molar-refractivity contribution in [1.82, 2.24) is 9.71 Å². The van der Waals surface area contributed by atoms with E-state index in [2.05, 4.69) is 46.3 Å². The predicted octanol–water partition coefficient (Wildman–Crippen LogP) is 7.63. The number of aromatic nitrogens is 1. The maximum atomic E-state index is 15.0. The van der Waals surface area contributed by atoms with E-state index in [9.17, 15) is 45.2 Å². The van der Waals surface area contributed by atoms with E-state index in [1.54, 1.807) is 27.7 Å². The van der Waals surface area contributed by atoms with Gasteiger partial charge in [-0.1, -0.05) is 31.9 Å². The number of carbonyl (C=O) groups excluding carboxylic acids is 2. The third-order valence-electron chi connectivity index (χ3n) is 8.44. The SMILES string of the molecule is CC(C)(C)S(=O)N[C@]1(C)COc2c1cc([C@](O)(CCC(=O)c1cc(OC(F)F)c3c(c1)C(Br)(Br)C(=O)C3)C(F)(F)F)nc2-c1ccc(F)cc1. The van der Waals surface area contributed by atoms with Crippen LogP contribution in [-0.4, -0.2) is 50.0 Å². The number of halogens is 8. The fourth-order valence-corrected chi connectivity index (χ4v) is 7.46. The highest BCUT2D eigenvalue weighted by molar-refractivity contribution is 9.25. The van der Waals surface area contributed by atoms with Gasteiger partial charge >= 0.3 is 12.8 Å². The minimum Gasteiger partial charge on any atom is -0.489 e. The van der Waals surface area contributed by atoms with Crippen molar-refractivity contribution in [2.24, 2.45) is 0 Å². The van der Waals surface area contributed by atoms with Crippen molar-refractivity contribution >= 4 is 54.4 Å². The Morgan fingerprint density at radius 2 is 1.76 bits per heavy atom. The molecule has 1 aliphatic heterocycles. The molecule has 1 unspecified atom stereocenters. The van der Waals surface area contributed by atoms with Gasteiger partial charge in [-0.25, -0.2) is 18.3 Å². The number of ether oxygens (including phenoxy) is 2. The summed E-state index contributed by atoms with van der Waals surface area (Å²) in [5.74, 6) is -2.58. The lowest BCUT2D eigenvalue weighted by molar-refractivity contribution is -0.270. The van der Waals surface area contributed by atoms with E-state index >= 15 is 0 Å². The number of hydrogen-bond donors (Lipinski definition) is 2. The number of rotatable bonds is 10. The first-order valence-electron chi connectivity index (χ1n) is 15.0. The maximum absolute atomic E-state index is 15.0. The van der Waals surface area contributed by atoms with Gasteiger partial charge in [-0.2, -0.15) is 22.0 Å². The Hall–Kier alpha value is -2.86. The lowest BCUT2D eigenvalue weighted by Crippen LogP contribution is -2.47. The number of carbonyl (C=O) groups is 2. The number of alkyl halides is 7. The van der Waals surface area contributed by atoms with Gasteiger partial charge in [0.25, 0.3) is 0 Å². The van der Waals surface area contributed by atoms with Crippen molar-refractivity contribution in [2.45, 2.75) is 78.9 Å². The third-order valence-corrected chi connectivity index (χ3v) is 11.9. The molecule has 0 bridgehead atoms. The molecule has 3 atom stereocenters. The lowest BCUT2D eigenvalue weighted by atomic mass is 9.86. The second-order valence-corrected chi connectivity index (χ2v) is 18.6. The van der Waals surface area contributed by atoms with Gasteiger partial charge in [-0.15, -0.1) is 0 Å². The van der Waals surface area contributed by atoms with Crippen LogP contribution < -0.4 is 14.2 Å². The Balaban J connectivity index is 1.59. The maximum Gasteiger partial charge on any atom is 0.422 e. The third kappa shape index (κ3) is 7.12. The van der Waals surface area contributed by atoms with E-state index in [1.165, 1.54) is 18.2 Å². The van der Waals surface area contributed by atoms with Crippen LogP contribution >= 0.6 is 31.9 Å². The van der Waals surface area contributed by atoms with Gasteiger partial charge in [0.15, 0.2) is 20.5 Å². The van der Waals surface area contributed by atoms with Crippen LogP contribution in [0.5, 0.6) is 11.5 Å². The van der Waals surface area contributed by atoms with Crippen LogP contribution in [0.2, 0.25) is 0 Å². The predicted molar refractivity (Wildman–Crippen MR) is 178 cm³/mol. The zero-order valence-corrected chi connectivity index (χ0v) is 30.8. The van der Waals surface area contributed by atoms with Gasteiger partial charge in [0.2, 0.25) is 5.60 Å². The number of aliphatic hydroxyl groups is 1. The molecule has 5 rings (SSSR count). The Kier molecular flexibility index (Phi) is 10.2. The summed E-state index contributed by atoms with van der Waals surface area (Å²) >= 11 is 6.33. The zero-order valence-electron chi connectivity index (χ0n) is 26.8. The van der Waals surface area contributed by atoms with E-state index in [1.807, 2.05) is 0 Å². The Morgan fingerprint density at radius 3 is 2.34 bits per heavy atom. The molecule has 2 N–H and O–H groups in total. The molecule has 0 saturated carbocycles. The van der Waals surface area contributed by atoms with Crippen LogP contribution in [0.4, 0.5) is 26.3 Å². The van der Waals surface area contributed by atoms with Gasteiger partial charge in [-0.05, 0) is 82.1 Å². The monoisotopic (exact) mass is 854 g/mol. The van der Waals surface area contributed by atoms with Crippen molar-refractivity contribution in [1.29, 1.82) is 0 Å². The average molecular weight is 856 g/mol. The summed E-state index contributed by atoms with van der Waals surface area (Å²) in [6.07, 6.45) is -7.96. The van der Waals surface area contributed by atoms with Crippen molar-refractivity contribution in [3.8, 4) is 22.8 Å². The van der Waals surface area contributed by atoms with Crippen LogP contribution in [0.25, 0.3) is 11.3 Å². The summed E-state index contributed by atoms with van der Waals surface area (Å²) in [6.45, 7) is 3.11. The highest BCUT2D eigenvalue weighted by atomic mass is 79.9.